The second-order valence-corrected chi connectivity index (χ2v) is 4.83. The first-order valence-corrected chi connectivity index (χ1v) is 6.15. The number of hydrogen-bond donors (Lipinski definition) is 1. The molecule has 1 aromatic carbocycles. The van der Waals surface area contributed by atoms with Gasteiger partial charge in [-0.05, 0) is 30.0 Å². The van der Waals surface area contributed by atoms with Gasteiger partial charge in [0.2, 0.25) is 5.91 Å². The Balaban J connectivity index is 2.02. The van der Waals surface area contributed by atoms with E-state index in [1.807, 2.05) is 18.2 Å². The molecule has 1 unspecified atom stereocenters. The molecule has 1 saturated heterocycles. The number of nitrogens with one attached hydrogen (secondary N) is 1. The summed E-state index contributed by atoms with van der Waals surface area (Å²) in [4.78, 5) is 11.9. The molecule has 0 aliphatic carbocycles. The van der Waals surface area contributed by atoms with Gasteiger partial charge in [-0.25, -0.2) is 0 Å². The van der Waals surface area contributed by atoms with Gasteiger partial charge in [-0.3, -0.25) is 4.79 Å². The number of amides is 1. The van der Waals surface area contributed by atoms with Crippen molar-refractivity contribution in [2.24, 2.45) is 5.92 Å². The Morgan fingerprint density at radius 1 is 1.47 bits per heavy atom. The molecular formula is C14H19NO2. The fourth-order valence-corrected chi connectivity index (χ4v) is 1.96. The highest BCUT2D eigenvalue weighted by Crippen LogP contribution is 2.20. The molecule has 17 heavy (non-hydrogen) atoms. The van der Waals surface area contributed by atoms with Crippen LogP contribution in [0.3, 0.4) is 0 Å². The van der Waals surface area contributed by atoms with Crippen molar-refractivity contribution in [1.29, 1.82) is 0 Å². The second-order valence-electron chi connectivity index (χ2n) is 4.83. The highest BCUT2D eigenvalue weighted by atomic mass is 16.5. The maximum Gasteiger partial charge on any atom is 0.229 e. The Kier molecular flexibility index (Phi) is 3.79. The third kappa shape index (κ3) is 3.07. The zero-order valence-corrected chi connectivity index (χ0v) is 10.4. The van der Waals surface area contributed by atoms with Crippen molar-refractivity contribution in [2.45, 2.75) is 26.2 Å². The summed E-state index contributed by atoms with van der Waals surface area (Å²) in [6.45, 7) is 5.54. The maximum absolute atomic E-state index is 11.9. The number of carbonyl (C=O) groups excluding carboxylic acids is 1. The molecular weight excluding hydrogens is 214 g/mol. The monoisotopic (exact) mass is 233 g/mol. The smallest absolute Gasteiger partial charge is 0.229 e. The van der Waals surface area contributed by atoms with Gasteiger partial charge in [-0.1, -0.05) is 26.0 Å². The fraction of sp³-hybridized carbons (Fsp3) is 0.500. The van der Waals surface area contributed by atoms with Crippen LogP contribution in [0.1, 0.15) is 31.7 Å². The van der Waals surface area contributed by atoms with E-state index in [1.165, 1.54) is 5.56 Å². The van der Waals surface area contributed by atoms with Crippen LogP contribution < -0.4 is 5.32 Å². The molecule has 0 aromatic heterocycles. The molecule has 1 N–H and O–H groups in total. The Hall–Kier alpha value is -1.35. The molecule has 3 nitrogen and oxygen atoms in total. The Labute approximate surface area is 102 Å². The Bertz CT molecular complexity index is 395. The first-order chi connectivity index (χ1) is 8.16. The first kappa shape index (κ1) is 12.1. The zero-order valence-electron chi connectivity index (χ0n) is 10.4. The zero-order chi connectivity index (χ0) is 12.3. The number of anilines is 1. The molecule has 92 valence electrons. The molecule has 0 radical (unpaired) electrons. The maximum atomic E-state index is 11.9. The van der Waals surface area contributed by atoms with Gasteiger partial charge in [0.1, 0.15) is 0 Å². The van der Waals surface area contributed by atoms with Crippen molar-refractivity contribution in [3.8, 4) is 0 Å². The predicted octanol–water partition coefficient (Wildman–Crippen LogP) is 2.79. The summed E-state index contributed by atoms with van der Waals surface area (Å²) in [5.74, 6) is 0.558. The van der Waals surface area contributed by atoms with Crippen molar-refractivity contribution in [2.75, 3.05) is 18.5 Å². The standard InChI is InChI=1S/C14H19NO2/c1-10(2)11-4-3-5-13(8-11)15-14(16)12-6-7-17-9-12/h3-5,8,10,12H,6-7,9H2,1-2H3,(H,15,16). The van der Waals surface area contributed by atoms with Crippen LogP contribution in [0.4, 0.5) is 5.69 Å². The molecule has 1 amide bonds. The van der Waals surface area contributed by atoms with Crippen molar-refractivity contribution >= 4 is 11.6 Å². The highest BCUT2D eigenvalue weighted by Gasteiger charge is 2.23. The van der Waals surface area contributed by atoms with E-state index in [-0.39, 0.29) is 11.8 Å². The van der Waals surface area contributed by atoms with E-state index in [4.69, 9.17) is 4.74 Å². The third-order valence-electron chi connectivity index (χ3n) is 3.12. The summed E-state index contributed by atoms with van der Waals surface area (Å²) >= 11 is 0. The van der Waals surface area contributed by atoms with Crippen LogP contribution in [-0.4, -0.2) is 19.1 Å². The third-order valence-corrected chi connectivity index (χ3v) is 3.12. The van der Waals surface area contributed by atoms with Crippen molar-refractivity contribution in [3.63, 3.8) is 0 Å². The average molecular weight is 233 g/mol. The van der Waals surface area contributed by atoms with Crippen LogP contribution in [0.5, 0.6) is 0 Å². The SMILES string of the molecule is CC(C)c1cccc(NC(=O)C2CCOC2)c1. The largest absolute Gasteiger partial charge is 0.381 e. The number of hydrogen-bond acceptors (Lipinski definition) is 2. The van der Waals surface area contributed by atoms with E-state index in [9.17, 15) is 4.79 Å². The lowest BCUT2D eigenvalue weighted by Gasteiger charge is -2.11. The van der Waals surface area contributed by atoms with E-state index in [0.29, 0.717) is 19.1 Å². The minimum atomic E-state index is 0.0118. The molecule has 1 fully saturated rings. The van der Waals surface area contributed by atoms with Crippen LogP contribution in [0.25, 0.3) is 0 Å². The van der Waals surface area contributed by atoms with Gasteiger partial charge in [-0.2, -0.15) is 0 Å². The Morgan fingerprint density at radius 3 is 2.94 bits per heavy atom. The molecule has 3 heteroatoms. The summed E-state index contributed by atoms with van der Waals surface area (Å²) in [5.41, 5.74) is 2.12. The highest BCUT2D eigenvalue weighted by molar-refractivity contribution is 5.92. The lowest BCUT2D eigenvalue weighted by Crippen LogP contribution is -2.22. The molecule has 1 atom stereocenters. The lowest BCUT2D eigenvalue weighted by atomic mass is 10.0. The van der Waals surface area contributed by atoms with Crippen LogP contribution in [0.2, 0.25) is 0 Å². The van der Waals surface area contributed by atoms with Crippen molar-refractivity contribution in [1.82, 2.24) is 0 Å². The normalized spacial score (nSPS) is 19.6. The average Bonchev–Trinajstić information content (AvgIpc) is 2.82. The van der Waals surface area contributed by atoms with Gasteiger partial charge in [-0.15, -0.1) is 0 Å². The number of rotatable bonds is 3. The quantitative estimate of drug-likeness (QED) is 0.871. The fourth-order valence-electron chi connectivity index (χ4n) is 1.96. The van der Waals surface area contributed by atoms with Gasteiger partial charge < -0.3 is 10.1 Å². The van der Waals surface area contributed by atoms with E-state index in [2.05, 4.69) is 25.2 Å². The minimum Gasteiger partial charge on any atom is -0.381 e. The van der Waals surface area contributed by atoms with E-state index >= 15 is 0 Å². The van der Waals surface area contributed by atoms with Gasteiger partial charge in [0, 0.05) is 12.3 Å². The molecule has 0 spiro atoms. The van der Waals surface area contributed by atoms with Crippen LogP contribution >= 0.6 is 0 Å². The number of ether oxygens (including phenoxy) is 1. The number of benzene rings is 1. The number of carbonyl (C=O) groups is 1. The molecule has 1 aromatic rings. The molecule has 0 saturated carbocycles. The molecule has 1 aliphatic rings. The summed E-state index contributed by atoms with van der Waals surface area (Å²) in [7, 11) is 0. The van der Waals surface area contributed by atoms with E-state index < -0.39 is 0 Å². The topological polar surface area (TPSA) is 38.3 Å². The summed E-state index contributed by atoms with van der Waals surface area (Å²) in [6.07, 6.45) is 0.829. The van der Waals surface area contributed by atoms with Crippen LogP contribution in [0.15, 0.2) is 24.3 Å². The minimum absolute atomic E-state index is 0.0118. The molecule has 1 aliphatic heterocycles. The van der Waals surface area contributed by atoms with Crippen molar-refractivity contribution < 1.29 is 9.53 Å². The van der Waals surface area contributed by atoms with E-state index in [0.717, 1.165) is 12.1 Å². The molecule has 1 heterocycles. The lowest BCUT2D eigenvalue weighted by molar-refractivity contribution is -0.119. The Morgan fingerprint density at radius 2 is 2.29 bits per heavy atom. The summed E-state index contributed by atoms with van der Waals surface area (Å²) < 4.78 is 5.22. The van der Waals surface area contributed by atoms with Crippen molar-refractivity contribution in [3.05, 3.63) is 29.8 Å². The van der Waals surface area contributed by atoms with Gasteiger partial charge in [0.25, 0.3) is 0 Å². The van der Waals surface area contributed by atoms with Gasteiger partial charge in [0.05, 0.1) is 12.5 Å². The van der Waals surface area contributed by atoms with E-state index in [1.54, 1.807) is 0 Å². The van der Waals surface area contributed by atoms with Crippen LogP contribution in [-0.2, 0) is 9.53 Å². The second kappa shape index (κ2) is 5.32. The molecule has 0 bridgehead atoms. The summed E-state index contributed by atoms with van der Waals surface area (Å²) in [6, 6.07) is 8.03. The first-order valence-electron chi connectivity index (χ1n) is 6.15. The van der Waals surface area contributed by atoms with Gasteiger partial charge in [0.15, 0.2) is 0 Å². The predicted molar refractivity (Wildman–Crippen MR) is 68.1 cm³/mol. The van der Waals surface area contributed by atoms with Crippen LogP contribution in [0, 0.1) is 5.92 Å². The molecule has 2 rings (SSSR count). The van der Waals surface area contributed by atoms with Gasteiger partial charge >= 0.3 is 0 Å². The summed E-state index contributed by atoms with van der Waals surface area (Å²) in [5, 5.41) is 2.96.